The van der Waals surface area contributed by atoms with Crippen LogP contribution in [0.4, 0.5) is 0 Å². The molecule has 1 unspecified atom stereocenters. The van der Waals surface area contributed by atoms with Gasteiger partial charge in [0.1, 0.15) is 0 Å². The third-order valence-corrected chi connectivity index (χ3v) is 5.21. The van der Waals surface area contributed by atoms with E-state index in [0.29, 0.717) is 28.1 Å². The van der Waals surface area contributed by atoms with Gasteiger partial charge in [-0.2, -0.15) is 0 Å². The van der Waals surface area contributed by atoms with Crippen LogP contribution in [-0.2, 0) is 4.79 Å². The Hall–Kier alpha value is -4.19. The summed E-state index contributed by atoms with van der Waals surface area (Å²) < 4.78 is 0. The fourth-order valence-corrected chi connectivity index (χ4v) is 3.51. The van der Waals surface area contributed by atoms with Gasteiger partial charge in [-0.25, -0.2) is 0 Å². The number of rotatable bonds is 6. The zero-order chi connectivity index (χ0) is 21.8. The first-order chi connectivity index (χ1) is 15.0. The lowest BCUT2D eigenvalue weighted by Gasteiger charge is -2.27. The van der Waals surface area contributed by atoms with Gasteiger partial charge in [-0.1, -0.05) is 60.7 Å². The van der Waals surface area contributed by atoms with Crippen LogP contribution < -0.4 is 0 Å². The van der Waals surface area contributed by atoms with E-state index in [9.17, 15) is 19.5 Å². The molecular formula is C25H18N2O4. The van der Waals surface area contributed by atoms with Crippen LogP contribution in [0.25, 0.3) is 0 Å². The molecule has 3 aromatic rings. The number of carboxylic acid groups (broad SMARTS) is 1. The van der Waals surface area contributed by atoms with Crippen molar-refractivity contribution in [2.24, 2.45) is 10.4 Å². The fourth-order valence-electron chi connectivity index (χ4n) is 3.51. The molecule has 4 rings (SSSR count). The molecule has 0 spiro atoms. The number of nitrogens with zero attached hydrogens (tertiary/aromatic N) is 2. The minimum absolute atomic E-state index is 0.164. The number of pyridine rings is 1. The van der Waals surface area contributed by atoms with Gasteiger partial charge in [0.25, 0.3) is 0 Å². The molecule has 0 amide bonds. The maximum atomic E-state index is 13.1. The minimum Gasteiger partial charge on any atom is -0.480 e. The maximum absolute atomic E-state index is 13.1. The van der Waals surface area contributed by atoms with Crippen molar-refractivity contribution in [1.82, 2.24) is 4.98 Å². The second-order valence-electron chi connectivity index (χ2n) is 7.16. The Bertz CT molecular complexity index is 1220. The first-order valence-corrected chi connectivity index (χ1v) is 9.65. The number of benzene rings is 2. The lowest BCUT2D eigenvalue weighted by molar-refractivity contribution is -0.143. The average Bonchev–Trinajstić information content (AvgIpc) is 2.84. The normalized spacial score (nSPS) is 17.6. The van der Waals surface area contributed by atoms with Crippen molar-refractivity contribution < 1.29 is 19.5 Å². The molecular weight excluding hydrogens is 392 g/mol. The Morgan fingerprint density at radius 1 is 0.839 bits per heavy atom. The number of hydrogen-bond acceptors (Lipinski definition) is 5. The zero-order valence-corrected chi connectivity index (χ0v) is 16.4. The molecule has 1 atom stereocenters. The summed E-state index contributed by atoms with van der Waals surface area (Å²) in [6.07, 6.45) is 3.95. The molecule has 31 heavy (non-hydrogen) atoms. The first-order valence-electron chi connectivity index (χ1n) is 9.65. The van der Waals surface area contributed by atoms with E-state index in [1.807, 2.05) is 6.07 Å². The van der Waals surface area contributed by atoms with Crippen LogP contribution in [0.3, 0.4) is 0 Å². The molecule has 0 saturated heterocycles. The van der Waals surface area contributed by atoms with Gasteiger partial charge in [0.05, 0.1) is 11.4 Å². The molecule has 2 heterocycles. The summed E-state index contributed by atoms with van der Waals surface area (Å²) in [7, 11) is 0. The largest absolute Gasteiger partial charge is 0.480 e. The molecule has 152 valence electrons. The molecule has 6 nitrogen and oxygen atoms in total. The number of aliphatic imine (C=N–C) groups is 1. The van der Waals surface area contributed by atoms with Crippen molar-refractivity contribution in [3.05, 3.63) is 114 Å². The Balaban J connectivity index is 1.68. The predicted octanol–water partition coefficient (Wildman–Crippen LogP) is 3.97. The number of ketones is 2. The van der Waals surface area contributed by atoms with Crippen molar-refractivity contribution in [3.8, 4) is 0 Å². The molecule has 0 aliphatic carbocycles. The third-order valence-electron chi connectivity index (χ3n) is 5.21. The molecule has 6 heteroatoms. The van der Waals surface area contributed by atoms with Gasteiger partial charge >= 0.3 is 5.97 Å². The predicted molar refractivity (Wildman–Crippen MR) is 115 cm³/mol. The number of hydrogen-bond donors (Lipinski definition) is 1. The van der Waals surface area contributed by atoms with Gasteiger partial charge in [0.2, 0.25) is 0 Å². The smallest absolute Gasteiger partial charge is 0.321 e. The van der Waals surface area contributed by atoms with Gasteiger partial charge in [-0.05, 0) is 18.2 Å². The minimum atomic E-state index is -1.79. The van der Waals surface area contributed by atoms with Crippen LogP contribution in [0.15, 0.2) is 96.3 Å². The van der Waals surface area contributed by atoms with Crippen molar-refractivity contribution in [2.45, 2.75) is 6.42 Å². The number of carbonyl (C=O) groups is 3. The lowest BCUT2D eigenvalue weighted by atomic mass is 9.74. The van der Waals surface area contributed by atoms with Crippen molar-refractivity contribution in [1.29, 1.82) is 0 Å². The van der Waals surface area contributed by atoms with E-state index in [-0.39, 0.29) is 12.2 Å². The molecule has 0 fully saturated rings. The van der Waals surface area contributed by atoms with Gasteiger partial charge in [0, 0.05) is 35.5 Å². The molecule has 0 bridgehead atoms. The van der Waals surface area contributed by atoms with Crippen LogP contribution >= 0.6 is 0 Å². The summed E-state index contributed by atoms with van der Waals surface area (Å²) in [5, 5.41) is 9.98. The van der Waals surface area contributed by atoms with E-state index in [4.69, 9.17) is 0 Å². The zero-order valence-electron chi connectivity index (χ0n) is 16.4. The van der Waals surface area contributed by atoms with Gasteiger partial charge < -0.3 is 5.11 Å². The van der Waals surface area contributed by atoms with E-state index < -0.39 is 17.2 Å². The number of aromatic nitrogens is 1. The standard InChI is InChI=1S/C25H18N2O4/c28-22(17-7-3-1-4-8-17)19-11-13-26-20(15-19)21-16-25(24(30)31,12-14-27-21)23(29)18-9-5-2-6-10-18/h1-15H,16H2,(H,30,31). The Kier molecular flexibility index (Phi) is 5.37. The summed E-state index contributed by atoms with van der Waals surface area (Å²) in [6.45, 7) is 0. The average molecular weight is 410 g/mol. The van der Waals surface area contributed by atoms with Gasteiger partial charge in [-0.15, -0.1) is 0 Å². The molecule has 0 radical (unpaired) electrons. The second-order valence-corrected chi connectivity index (χ2v) is 7.16. The van der Waals surface area contributed by atoms with Crippen molar-refractivity contribution in [3.63, 3.8) is 0 Å². The van der Waals surface area contributed by atoms with E-state index >= 15 is 0 Å². The summed E-state index contributed by atoms with van der Waals surface area (Å²) in [6, 6.07) is 20.3. The SMILES string of the molecule is O=C(c1ccccc1)c1ccnc(C2=NC=CC(C(=O)O)(C(=O)c3ccccc3)C2)c1. The highest BCUT2D eigenvalue weighted by atomic mass is 16.4. The Morgan fingerprint density at radius 3 is 2.13 bits per heavy atom. The monoisotopic (exact) mass is 410 g/mol. The summed E-state index contributed by atoms with van der Waals surface area (Å²) in [4.78, 5) is 46.7. The summed E-state index contributed by atoms with van der Waals surface area (Å²) in [5.74, 6) is -1.97. The van der Waals surface area contributed by atoms with E-state index in [1.54, 1.807) is 66.7 Å². The maximum Gasteiger partial charge on any atom is 0.321 e. The Morgan fingerprint density at radius 2 is 1.48 bits per heavy atom. The highest BCUT2D eigenvalue weighted by molar-refractivity contribution is 6.18. The molecule has 1 aliphatic rings. The van der Waals surface area contributed by atoms with E-state index in [2.05, 4.69) is 9.98 Å². The second kappa shape index (κ2) is 8.28. The number of aliphatic carboxylic acids is 1. The number of carboxylic acids is 1. The molecule has 0 saturated carbocycles. The van der Waals surface area contributed by atoms with Crippen molar-refractivity contribution >= 4 is 23.2 Å². The van der Waals surface area contributed by atoms with Crippen LogP contribution in [0.5, 0.6) is 0 Å². The number of carbonyl (C=O) groups excluding carboxylic acids is 2. The van der Waals surface area contributed by atoms with Crippen LogP contribution in [-0.4, -0.2) is 33.3 Å². The topological polar surface area (TPSA) is 96.7 Å². The lowest BCUT2D eigenvalue weighted by Crippen LogP contribution is -2.41. The van der Waals surface area contributed by atoms with E-state index in [1.165, 1.54) is 18.5 Å². The number of Topliss-reactive ketones (excluding diaryl/α,β-unsaturated/α-hetero) is 1. The summed E-state index contributed by atoms with van der Waals surface area (Å²) >= 11 is 0. The first kappa shape index (κ1) is 20.1. The third kappa shape index (κ3) is 3.83. The van der Waals surface area contributed by atoms with E-state index in [0.717, 1.165) is 0 Å². The highest BCUT2D eigenvalue weighted by Gasteiger charge is 2.46. The Labute approximate surface area is 178 Å². The molecule has 2 aromatic carbocycles. The van der Waals surface area contributed by atoms with Gasteiger partial charge in [-0.3, -0.25) is 24.4 Å². The molecule has 1 aliphatic heterocycles. The van der Waals surface area contributed by atoms with Gasteiger partial charge in [0.15, 0.2) is 17.0 Å². The van der Waals surface area contributed by atoms with Crippen molar-refractivity contribution in [2.75, 3.05) is 0 Å². The quantitative estimate of drug-likeness (QED) is 0.490. The van der Waals surface area contributed by atoms with Crippen LogP contribution in [0, 0.1) is 5.41 Å². The molecule has 1 N–H and O–H groups in total. The fraction of sp³-hybridized carbons (Fsp3) is 0.0800. The summed E-state index contributed by atoms with van der Waals surface area (Å²) in [5.41, 5.74) is 0.138. The highest BCUT2D eigenvalue weighted by Crippen LogP contribution is 2.34. The van der Waals surface area contributed by atoms with Crippen LogP contribution in [0.1, 0.15) is 38.4 Å². The molecule has 1 aromatic heterocycles. The van der Waals surface area contributed by atoms with Crippen LogP contribution in [0.2, 0.25) is 0 Å².